The lowest BCUT2D eigenvalue weighted by Crippen LogP contribution is -2.10. The minimum atomic E-state index is -0.478. The smallest absolute Gasteiger partial charge is 0.322 e. The molecule has 3 heterocycles. The van der Waals surface area contributed by atoms with Crippen molar-refractivity contribution in [2.75, 3.05) is 5.32 Å². The van der Waals surface area contributed by atoms with E-state index in [9.17, 15) is 14.9 Å². The summed E-state index contributed by atoms with van der Waals surface area (Å²) in [7, 11) is 0. The fourth-order valence-electron chi connectivity index (χ4n) is 2.28. The first-order chi connectivity index (χ1) is 12.6. The highest BCUT2D eigenvalue weighted by Gasteiger charge is 2.16. The minimum Gasteiger partial charge on any atom is -0.401 e. The molecule has 0 aliphatic heterocycles. The highest BCUT2D eigenvalue weighted by Crippen LogP contribution is 2.29. The number of nitrogens with one attached hydrogen (secondary N) is 1. The van der Waals surface area contributed by atoms with E-state index in [1.54, 1.807) is 36.5 Å². The van der Waals surface area contributed by atoms with Crippen LogP contribution in [-0.4, -0.2) is 26.0 Å². The summed E-state index contributed by atoms with van der Waals surface area (Å²) in [6.07, 6.45) is 1.59. The molecule has 26 heavy (non-hydrogen) atoms. The Balaban J connectivity index is 1.56. The molecule has 0 spiro atoms. The van der Waals surface area contributed by atoms with Gasteiger partial charge in [-0.3, -0.25) is 25.2 Å². The van der Waals surface area contributed by atoms with Gasteiger partial charge in [0.15, 0.2) is 0 Å². The van der Waals surface area contributed by atoms with Crippen LogP contribution < -0.4 is 5.32 Å². The number of amides is 1. The number of fused-ring (bicyclic) bond motifs is 1. The second kappa shape index (κ2) is 6.33. The third-order valence-corrected chi connectivity index (χ3v) is 4.58. The first-order valence-electron chi connectivity index (χ1n) is 7.34. The molecular formula is C16H9N5O4S. The number of non-ortho nitro benzene ring substituents is 1. The van der Waals surface area contributed by atoms with Crippen LogP contribution in [0.15, 0.2) is 53.1 Å². The summed E-state index contributed by atoms with van der Waals surface area (Å²) >= 11 is 1.21. The van der Waals surface area contributed by atoms with Crippen LogP contribution in [0.5, 0.6) is 0 Å². The Hall–Kier alpha value is -3.66. The molecule has 0 aliphatic rings. The van der Waals surface area contributed by atoms with Gasteiger partial charge in [0.25, 0.3) is 17.5 Å². The van der Waals surface area contributed by atoms with Gasteiger partial charge in [0.2, 0.25) is 0 Å². The van der Waals surface area contributed by atoms with Crippen LogP contribution in [0.25, 0.3) is 21.7 Å². The molecular weight excluding hydrogens is 358 g/mol. The standard InChI is InChI=1S/C16H9N5O4S/c22-14(13-8-9-7-10(21(23)24)4-5-12(9)26-13)18-16-20-19-15(25-16)11-3-1-2-6-17-11/h1-8H,(H,18,20,22). The zero-order chi connectivity index (χ0) is 18.1. The number of anilines is 1. The van der Waals surface area contributed by atoms with Gasteiger partial charge in [-0.15, -0.1) is 16.4 Å². The molecule has 0 fully saturated rings. The topological polar surface area (TPSA) is 124 Å². The normalized spacial score (nSPS) is 10.8. The summed E-state index contributed by atoms with van der Waals surface area (Å²) in [5.74, 6) is -0.252. The van der Waals surface area contributed by atoms with Crippen LogP contribution >= 0.6 is 11.3 Å². The number of thiophene rings is 1. The van der Waals surface area contributed by atoms with Crippen molar-refractivity contribution in [1.29, 1.82) is 0 Å². The number of benzene rings is 1. The van der Waals surface area contributed by atoms with Crippen LogP contribution in [0, 0.1) is 10.1 Å². The van der Waals surface area contributed by atoms with Crippen molar-refractivity contribution in [3.8, 4) is 11.6 Å². The maximum Gasteiger partial charge on any atom is 0.322 e. The molecule has 128 valence electrons. The Labute approximate surface area is 149 Å². The molecule has 3 aromatic heterocycles. The largest absolute Gasteiger partial charge is 0.401 e. The SMILES string of the molecule is O=C(Nc1nnc(-c2ccccn2)o1)c1cc2cc([N+](=O)[O-])ccc2s1. The Morgan fingerprint density at radius 1 is 1.19 bits per heavy atom. The van der Waals surface area contributed by atoms with E-state index >= 15 is 0 Å². The molecule has 0 atom stereocenters. The van der Waals surface area contributed by atoms with Crippen LogP contribution in [0.1, 0.15) is 9.67 Å². The van der Waals surface area contributed by atoms with Gasteiger partial charge in [-0.2, -0.15) is 0 Å². The molecule has 0 unspecified atom stereocenters. The molecule has 0 bridgehead atoms. The second-order valence-electron chi connectivity index (χ2n) is 5.17. The van der Waals surface area contributed by atoms with Gasteiger partial charge < -0.3 is 4.42 Å². The zero-order valence-electron chi connectivity index (χ0n) is 12.9. The third kappa shape index (κ3) is 3.00. The van der Waals surface area contributed by atoms with E-state index in [0.29, 0.717) is 16.0 Å². The Morgan fingerprint density at radius 2 is 2.08 bits per heavy atom. The van der Waals surface area contributed by atoms with Crippen molar-refractivity contribution in [2.45, 2.75) is 0 Å². The van der Waals surface area contributed by atoms with E-state index < -0.39 is 10.8 Å². The third-order valence-electron chi connectivity index (χ3n) is 3.46. The number of nitrogens with zero attached hydrogens (tertiary/aromatic N) is 4. The van der Waals surface area contributed by atoms with Crippen LogP contribution in [0.3, 0.4) is 0 Å². The summed E-state index contributed by atoms with van der Waals surface area (Å²) in [4.78, 5) is 27.2. The summed E-state index contributed by atoms with van der Waals surface area (Å²) in [5, 5.41) is 21.6. The quantitative estimate of drug-likeness (QED) is 0.432. The van der Waals surface area contributed by atoms with E-state index in [1.165, 1.54) is 23.5 Å². The average Bonchev–Trinajstić information content (AvgIpc) is 3.28. The number of rotatable bonds is 4. The molecule has 0 saturated heterocycles. The van der Waals surface area contributed by atoms with Crippen molar-refractivity contribution in [3.63, 3.8) is 0 Å². The second-order valence-corrected chi connectivity index (χ2v) is 6.26. The van der Waals surface area contributed by atoms with Crippen LogP contribution in [0.4, 0.5) is 11.7 Å². The fourth-order valence-corrected chi connectivity index (χ4v) is 3.22. The van der Waals surface area contributed by atoms with E-state index in [0.717, 1.165) is 4.70 Å². The van der Waals surface area contributed by atoms with E-state index in [-0.39, 0.29) is 17.6 Å². The number of carbonyl (C=O) groups is 1. The van der Waals surface area contributed by atoms with Crippen LogP contribution in [0.2, 0.25) is 0 Å². The molecule has 4 rings (SSSR count). The number of pyridine rings is 1. The summed E-state index contributed by atoms with van der Waals surface area (Å²) < 4.78 is 6.15. The molecule has 4 aromatic rings. The lowest BCUT2D eigenvalue weighted by atomic mass is 10.2. The van der Waals surface area contributed by atoms with Gasteiger partial charge in [-0.05, 0) is 24.3 Å². The van der Waals surface area contributed by atoms with Crippen molar-refractivity contribution >= 4 is 39.0 Å². The number of hydrogen-bond donors (Lipinski definition) is 1. The Morgan fingerprint density at radius 3 is 2.85 bits per heavy atom. The monoisotopic (exact) mass is 367 g/mol. The van der Waals surface area contributed by atoms with Crippen molar-refractivity contribution < 1.29 is 14.1 Å². The van der Waals surface area contributed by atoms with Gasteiger partial charge in [0.05, 0.1) is 9.80 Å². The predicted octanol–water partition coefficient (Wildman–Crippen LogP) is 3.51. The fraction of sp³-hybridized carbons (Fsp3) is 0. The lowest BCUT2D eigenvalue weighted by molar-refractivity contribution is -0.384. The highest BCUT2D eigenvalue weighted by atomic mass is 32.1. The van der Waals surface area contributed by atoms with Gasteiger partial charge in [-0.1, -0.05) is 11.2 Å². The lowest BCUT2D eigenvalue weighted by Gasteiger charge is -1.96. The highest BCUT2D eigenvalue weighted by molar-refractivity contribution is 7.20. The van der Waals surface area contributed by atoms with Gasteiger partial charge in [0.1, 0.15) is 5.69 Å². The van der Waals surface area contributed by atoms with Crippen LogP contribution in [-0.2, 0) is 0 Å². The average molecular weight is 367 g/mol. The summed E-state index contributed by atoms with van der Waals surface area (Å²) in [6.45, 7) is 0. The first-order valence-corrected chi connectivity index (χ1v) is 8.16. The van der Waals surface area contributed by atoms with Crippen molar-refractivity contribution in [2.24, 2.45) is 0 Å². The maximum absolute atomic E-state index is 12.4. The van der Waals surface area contributed by atoms with Gasteiger partial charge >= 0.3 is 6.01 Å². The summed E-state index contributed by atoms with van der Waals surface area (Å²) in [5.41, 5.74) is 0.467. The molecule has 9 nitrogen and oxygen atoms in total. The molecule has 0 radical (unpaired) electrons. The van der Waals surface area contributed by atoms with Gasteiger partial charge in [-0.25, -0.2) is 0 Å². The molecule has 0 saturated carbocycles. The number of hydrogen-bond acceptors (Lipinski definition) is 8. The van der Waals surface area contributed by atoms with Crippen molar-refractivity contribution in [1.82, 2.24) is 15.2 Å². The van der Waals surface area contributed by atoms with E-state index in [4.69, 9.17) is 4.42 Å². The molecule has 10 heteroatoms. The van der Waals surface area contributed by atoms with Gasteiger partial charge in [0, 0.05) is 28.4 Å². The number of nitro groups is 1. The predicted molar refractivity (Wildman–Crippen MR) is 94.0 cm³/mol. The number of aromatic nitrogens is 3. The number of nitro benzene ring substituents is 1. The zero-order valence-corrected chi connectivity index (χ0v) is 13.8. The maximum atomic E-state index is 12.4. The minimum absolute atomic E-state index is 0.0286. The first kappa shape index (κ1) is 15.8. The molecule has 0 aliphatic carbocycles. The Bertz CT molecular complexity index is 1120. The van der Waals surface area contributed by atoms with E-state index in [2.05, 4.69) is 20.5 Å². The van der Waals surface area contributed by atoms with Crippen molar-refractivity contribution in [3.05, 3.63) is 63.7 Å². The molecule has 1 N–H and O–H groups in total. The Kier molecular flexibility index (Phi) is 3.86. The summed E-state index contributed by atoms with van der Waals surface area (Å²) in [6, 6.07) is 11.2. The number of carbonyl (C=O) groups excluding carboxylic acids is 1. The molecule has 1 aromatic carbocycles. The molecule has 1 amide bonds. The van der Waals surface area contributed by atoms with E-state index in [1.807, 2.05) is 0 Å².